The lowest BCUT2D eigenvalue weighted by atomic mass is 10.1. The fraction of sp³-hybridized carbons (Fsp3) is 0.455. The molecule has 14 heavy (non-hydrogen) atoms. The highest BCUT2D eigenvalue weighted by molar-refractivity contribution is 9.10. The van der Waals surface area contributed by atoms with Gasteiger partial charge < -0.3 is 10.5 Å². The SMILES string of the molecule is CC(C)OCC(N)c1ccccc1Br. The summed E-state index contributed by atoms with van der Waals surface area (Å²) in [4.78, 5) is 0. The Hall–Kier alpha value is -0.380. The maximum atomic E-state index is 5.99. The van der Waals surface area contributed by atoms with Crippen molar-refractivity contribution in [2.75, 3.05) is 6.61 Å². The summed E-state index contributed by atoms with van der Waals surface area (Å²) in [5.74, 6) is 0. The molecule has 0 saturated heterocycles. The Kier molecular flexibility index (Phi) is 4.58. The predicted molar refractivity (Wildman–Crippen MR) is 62.2 cm³/mol. The van der Waals surface area contributed by atoms with E-state index in [9.17, 15) is 0 Å². The Morgan fingerprint density at radius 3 is 2.57 bits per heavy atom. The van der Waals surface area contributed by atoms with Crippen molar-refractivity contribution in [1.82, 2.24) is 0 Å². The summed E-state index contributed by atoms with van der Waals surface area (Å²) >= 11 is 3.47. The minimum absolute atomic E-state index is 0.0621. The summed E-state index contributed by atoms with van der Waals surface area (Å²) in [5.41, 5.74) is 7.08. The summed E-state index contributed by atoms with van der Waals surface area (Å²) in [6, 6.07) is 7.90. The molecule has 0 aromatic heterocycles. The van der Waals surface area contributed by atoms with E-state index in [1.165, 1.54) is 0 Å². The fourth-order valence-corrected chi connectivity index (χ4v) is 1.74. The Morgan fingerprint density at radius 2 is 2.00 bits per heavy atom. The van der Waals surface area contributed by atoms with Crippen LogP contribution >= 0.6 is 15.9 Å². The Balaban J connectivity index is 2.60. The largest absolute Gasteiger partial charge is 0.377 e. The van der Waals surface area contributed by atoms with Crippen molar-refractivity contribution in [3.8, 4) is 0 Å². The first-order chi connectivity index (χ1) is 6.61. The predicted octanol–water partition coefficient (Wildman–Crippen LogP) is 2.87. The van der Waals surface area contributed by atoms with Crippen LogP contribution in [0.2, 0.25) is 0 Å². The van der Waals surface area contributed by atoms with Gasteiger partial charge >= 0.3 is 0 Å². The Bertz CT molecular complexity index is 288. The molecular weight excluding hydrogens is 242 g/mol. The standard InChI is InChI=1S/C11H16BrNO/c1-8(2)14-7-11(13)9-5-3-4-6-10(9)12/h3-6,8,11H,7,13H2,1-2H3. The van der Waals surface area contributed by atoms with Crippen molar-refractivity contribution < 1.29 is 4.74 Å². The molecule has 0 bridgehead atoms. The maximum absolute atomic E-state index is 5.99. The van der Waals surface area contributed by atoms with Crippen LogP contribution in [0.3, 0.4) is 0 Å². The third-order valence-corrected chi connectivity index (χ3v) is 2.64. The van der Waals surface area contributed by atoms with Crippen LogP contribution in [0.5, 0.6) is 0 Å². The monoisotopic (exact) mass is 257 g/mol. The molecule has 0 fully saturated rings. The molecule has 1 aromatic carbocycles. The molecule has 0 aliphatic carbocycles. The first-order valence-electron chi connectivity index (χ1n) is 4.73. The highest BCUT2D eigenvalue weighted by Gasteiger charge is 2.09. The van der Waals surface area contributed by atoms with Crippen LogP contribution in [-0.2, 0) is 4.74 Å². The van der Waals surface area contributed by atoms with Gasteiger partial charge in [-0.2, -0.15) is 0 Å². The van der Waals surface area contributed by atoms with Crippen molar-refractivity contribution in [2.45, 2.75) is 26.0 Å². The van der Waals surface area contributed by atoms with Gasteiger partial charge in [0.1, 0.15) is 0 Å². The fourth-order valence-electron chi connectivity index (χ4n) is 1.16. The average Bonchev–Trinajstić information content (AvgIpc) is 2.15. The van der Waals surface area contributed by atoms with Gasteiger partial charge in [-0.3, -0.25) is 0 Å². The second kappa shape index (κ2) is 5.49. The second-order valence-corrected chi connectivity index (χ2v) is 4.36. The minimum Gasteiger partial charge on any atom is -0.377 e. The summed E-state index contributed by atoms with van der Waals surface area (Å²) < 4.78 is 6.51. The lowest BCUT2D eigenvalue weighted by molar-refractivity contribution is 0.0682. The molecule has 2 N–H and O–H groups in total. The molecule has 2 nitrogen and oxygen atoms in total. The van der Waals surface area contributed by atoms with E-state index in [-0.39, 0.29) is 12.1 Å². The zero-order chi connectivity index (χ0) is 10.6. The lowest BCUT2D eigenvalue weighted by Crippen LogP contribution is -2.19. The number of hydrogen-bond donors (Lipinski definition) is 1. The highest BCUT2D eigenvalue weighted by atomic mass is 79.9. The van der Waals surface area contributed by atoms with Crippen molar-refractivity contribution in [3.05, 3.63) is 34.3 Å². The van der Waals surface area contributed by atoms with Crippen LogP contribution in [0.25, 0.3) is 0 Å². The van der Waals surface area contributed by atoms with Gasteiger partial charge in [-0.25, -0.2) is 0 Å². The van der Waals surface area contributed by atoms with Gasteiger partial charge in [0.05, 0.1) is 18.8 Å². The molecule has 78 valence electrons. The molecule has 3 heteroatoms. The number of rotatable bonds is 4. The molecule has 0 aliphatic heterocycles. The zero-order valence-corrected chi connectivity index (χ0v) is 10.1. The van der Waals surface area contributed by atoms with Crippen molar-refractivity contribution in [1.29, 1.82) is 0 Å². The van der Waals surface area contributed by atoms with E-state index in [4.69, 9.17) is 10.5 Å². The average molecular weight is 258 g/mol. The van der Waals surface area contributed by atoms with E-state index in [0.29, 0.717) is 6.61 Å². The number of halogens is 1. The van der Waals surface area contributed by atoms with Crippen molar-refractivity contribution in [2.24, 2.45) is 5.73 Å². The molecule has 0 saturated carbocycles. The molecular formula is C11H16BrNO. The molecule has 1 atom stereocenters. The van der Waals surface area contributed by atoms with E-state index in [0.717, 1.165) is 10.0 Å². The summed E-state index contributed by atoms with van der Waals surface area (Å²) in [5, 5.41) is 0. The first-order valence-corrected chi connectivity index (χ1v) is 5.52. The molecule has 0 amide bonds. The zero-order valence-electron chi connectivity index (χ0n) is 8.53. The molecule has 1 aromatic rings. The first kappa shape index (κ1) is 11.7. The summed E-state index contributed by atoms with van der Waals surface area (Å²) in [6.07, 6.45) is 0.225. The highest BCUT2D eigenvalue weighted by Crippen LogP contribution is 2.21. The van der Waals surface area contributed by atoms with Gasteiger partial charge in [-0.1, -0.05) is 34.1 Å². The topological polar surface area (TPSA) is 35.2 Å². The van der Waals surface area contributed by atoms with E-state index < -0.39 is 0 Å². The van der Waals surface area contributed by atoms with Crippen LogP contribution < -0.4 is 5.73 Å². The van der Waals surface area contributed by atoms with Gasteiger partial charge in [0, 0.05) is 4.47 Å². The molecule has 1 rings (SSSR count). The van der Waals surface area contributed by atoms with Crippen LogP contribution in [0.4, 0.5) is 0 Å². The molecule has 0 heterocycles. The summed E-state index contributed by atoms with van der Waals surface area (Å²) in [7, 11) is 0. The maximum Gasteiger partial charge on any atom is 0.0663 e. The van der Waals surface area contributed by atoms with Crippen LogP contribution in [-0.4, -0.2) is 12.7 Å². The Morgan fingerprint density at radius 1 is 1.36 bits per heavy atom. The van der Waals surface area contributed by atoms with E-state index in [1.54, 1.807) is 0 Å². The van der Waals surface area contributed by atoms with Crippen LogP contribution in [0, 0.1) is 0 Å². The Labute approximate surface area is 93.6 Å². The van der Waals surface area contributed by atoms with Gasteiger partial charge in [-0.15, -0.1) is 0 Å². The third-order valence-electron chi connectivity index (χ3n) is 1.91. The van der Waals surface area contributed by atoms with Gasteiger partial charge in [0.25, 0.3) is 0 Å². The van der Waals surface area contributed by atoms with Crippen LogP contribution in [0.1, 0.15) is 25.5 Å². The minimum atomic E-state index is -0.0621. The van der Waals surface area contributed by atoms with E-state index >= 15 is 0 Å². The molecule has 0 aliphatic rings. The summed E-state index contributed by atoms with van der Waals surface area (Å²) in [6.45, 7) is 4.57. The normalized spacial score (nSPS) is 13.2. The number of benzene rings is 1. The van der Waals surface area contributed by atoms with Gasteiger partial charge in [0.15, 0.2) is 0 Å². The number of hydrogen-bond acceptors (Lipinski definition) is 2. The number of ether oxygens (including phenoxy) is 1. The molecule has 0 spiro atoms. The molecule has 1 unspecified atom stereocenters. The molecule has 0 radical (unpaired) electrons. The quantitative estimate of drug-likeness (QED) is 0.901. The van der Waals surface area contributed by atoms with Crippen molar-refractivity contribution in [3.63, 3.8) is 0 Å². The number of nitrogens with two attached hydrogens (primary N) is 1. The van der Waals surface area contributed by atoms with E-state index in [1.807, 2.05) is 38.1 Å². The lowest BCUT2D eigenvalue weighted by Gasteiger charge is -2.15. The van der Waals surface area contributed by atoms with E-state index in [2.05, 4.69) is 15.9 Å². The second-order valence-electron chi connectivity index (χ2n) is 3.51. The third kappa shape index (κ3) is 3.40. The van der Waals surface area contributed by atoms with Gasteiger partial charge in [-0.05, 0) is 25.5 Å². The van der Waals surface area contributed by atoms with Crippen LogP contribution in [0.15, 0.2) is 28.7 Å². The smallest absolute Gasteiger partial charge is 0.0663 e. The van der Waals surface area contributed by atoms with Crippen molar-refractivity contribution >= 4 is 15.9 Å². The van der Waals surface area contributed by atoms with Gasteiger partial charge in [0.2, 0.25) is 0 Å².